The van der Waals surface area contributed by atoms with Crippen molar-refractivity contribution < 1.29 is 4.79 Å². The van der Waals surface area contributed by atoms with Crippen LogP contribution in [0.1, 0.15) is 30.5 Å². The number of aromatic nitrogens is 3. The molecule has 3 heterocycles. The van der Waals surface area contributed by atoms with Gasteiger partial charge in [0.25, 0.3) is 0 Å². The number of hydrogen-bond donors (Lipinski definition) is 2. The third-order valence-electron chi connectivity index (χ3n) is 4.11. The van der Waals surface area contributed by atoms with E-state index in [1.807, 2.05) is 36.2 Å². The SMILES string of the molecule is Cc1cc(NCCCN2CCCC2=O)nc(NCc2cccnc2)n1. The van der Waals surface area contributed by atoms with Crippen molar-refractivity contribution in [2.24, 2.45) is 0 Å². The Balaban J connectivity index is 1.48. The molecule has 25 heavy (non-hydrogen) atoms. The van der Waals surface area contributed by atoms with Crippen LogP contribution in [0.4, 0.5) is 11.8 Å². The molecule has 0 spiro atoms. The second kappa shape index (κ2) is 8.41. The van der Waals surface area contributed by atoms with Crippen LogP contribution in [0.3, 0.4) is 0 Å². The van der Waals surface area contributed by atoms with Gasteiger partial charge in [0.15, 0.2) is 0 Å². The molecule has 132 valence electrons. The molecule has 0 radical (unpaired) electrons. The molecule has 1 amide bonds. The van der Waals surface area contributed by atoms with Crippen molar-refractivity contribution in [3.8, 4) is 0 Å². The number of hydrogen-bond acceptors (Lipinski definition) is 6. The number of amides is 1. The number of nitrogens with zero attached hydrogens (tertiary/aromatic N) is 4. The number of rotatable bonds is 8. The molecule has 0 atom stereocenters. The summed E-state index contributed by atoms with van der Waals surface area (Å²) < 4.78 is 0. The molecule has 2 aromatic heterocycles. The average molecular weight is 340 g/mol. The molecule has 0 unspecified atom stereocenters. The van der Waals surface area contributed by atoms with E-state index >= 15 is 0 Å². The standard InChI is InChI=1S/C18H24N6O/c1-14-11-16(20-8-4-10-24-9-3-6-17(24)25)23-18(22-14)21-13-15-5-2-7-19-12-15/h2,5,7,11-12H,3-4,6,8-10,13H2,1H3,(H2,20,21,22,23). The summed E-state index contributed by atoms with van der Waals surface area (Å²) in [5, 5.41) is 6.55. The molecule has 1 aliphatic rings. The first-order chi connectivity index (χ1) is 12.2. The molecule has 0 aromatic carbocycles. The molecular weight excluding hydrogens is 316 g/mol. The molecule has 1 saturated heterocycles. The Kier molecular flexibility index (Phi) is 5.77. The van der Waals surface area contributed by atoms with E-state index in [9.17, 15) is 4.79 Å². The average Bonchev–Trinajstić information content (AvgIpc) is 3.02. The third kappa shape index (κ3) is 5.14. The molecule has 0 saturated carbocycles. The van der Waals surface area contributed by atoms with Gasteiger partial charge >= 0.3 is 0 Å². The fourth-order valence-electron chi connectivity index (χ4n) is 2.85. The summed E-state index contributed by atoms with van der Waals surface area (Å²) in [4.78, 5) is 26.5. The molecule has 7 heteroatoms. The minimum atomic E-state index is 0.278. The van der Waals surface area contributed by atoms with Crippen molar-refractivity contribution in [2.45, 2.75) is 32.7 Å². The van der Waals surface area contributed by atoms with E-state index in [-0.39, 0.29) is 5.91 Å². The van der Waals surface area contributed by atoms with Gasteiger partial charge in [0.05, 0.1) is 0 Å². The normalized spacial score (nSPS) is 14.0. The number of anilines is 2. The van der Waals surface area contributed by atoms with E-state index in [2.05, 4.69) is 25.6 Å². The Labute approximate surface area is 147 Å². The smallest absolute Gasteiger partial charge is 0.225 e. The summed E-state index contributed by atoms with van der Waals surface area (Å²) in [7, 11) is 0. The monoisotopic (exact) mass is 340 g/mol. The van der Waals surface area contributed by atoms with Crippen molar-refractivity contribution in [3.63, 3.8) is 0 Å². The van der Waals surface area contributed by atoms with Crippen LogP contribution in [0.5, 0.6) is 0 Å². The van der Waals surface area contributed by atoms with Crippen molar-refractivity contribution in [3.05, 3.63) is 41.9 Å². The summed E-state index contributed by atoms with van der Waals surface area (Å²) in [6.07, 6.45) is 6.17. The molecule has 0 aliphatic carbocycles. The largest absolute Gasteiger partial charge is 0.370 e. The number of likely N-dealkylation sites (tertiary alicyclic amines) is 1. The van der Waals surface area contributed by atoms with E-state index in [0.29, 0.717) is 18.9 Å². The van der Waals surface area contributed by atoms with Gasteiger partial charge in [-0.15, -0.1) is 0 Å². The van der Waals surface area contributed by atoms with Gasteiger partial charge in [-0.1, -0.05) is 6.07 Å². The lowest BCUT2D eigenvalue weighted by Crippen LogP contribution is -2.27. The van der Waals surface area contributed by atoms with Crippen molar-refractivity contribution in [1.82, 2.24) is 19.9 Å². The van der Waals surface area contributed by atoms with Crippen LogP contribution in [0.2, 0.25) is 0 Å². The summed E-state index contributed by atoms with van der Waals surface area (Å²) >= 11 is 0. The lowest BCUT2D eigenvalue weighted by molar-refractivity contribution is -0.127. The topological polar surface area (TPSA) is 83.0 Å². The first kappa shape index (κ1) is 17.1. The molecule has 2 N–H and O–H groups in total. The lowest BCUT2D eigenvalue weighted by Gasteiger charge is -2.15. The third-order valence-corrected chi connectivity index (χ3v) is 4.11. The van der Waals surface area contributed by atoms with Gasteiger partial charge < -0.3 is 15.5 Å². The van der Waals surface area contributed by atoms with Gasteiger partial charge in [0, 0.05) is 56.8 Å². The Hall–Kier alpha value is -2.70. The number of carbonyl (C=O) groups excluding carboxylic acids is 1. The van der Waals surface area contributed by atoms with Gasteiger partial charge in [-0.05, 0) is 31.4 Å². The molecule has 2 aromatic rings. The lowest BCUT2D eigenvalue weighted by atomic mass is 10.3. The summed E-state index contributed by atoms with van der Waals surface area (Å²) in [6, 6.07) is 5.84. The molecular formula is C18H24N6O. The second-order valence-corrected chi connectivity index (χ2v) is 6.20. The minimum Gasteiger partial charge on any atom is -0.370 e. The highest BCUT2D eigenvalue weighted by Gasteiger charge is 2.18. The highest BCUT2D eigenvalue weighted by Crippen LogP contribution is 2.12. The van der Waals surface area contributed by atoms with Crippen LogP contribution < -0.4 is 10.6 Å². The van der Waals surface area contributed by atoms with Crippen LogP contribution in [0.25, 0.3) is 0 Å². The van der Waals surface area contributed by atoms with Crippen molar-refractivity contribution in [1.29, 1.82) is 0 Å². The van der Waals surface area contributed by atoms with Crippen LogP contribution in [-0.4, -0.2) is 45.4 Å². The minimum absolute atomic E-state index is 0.278. The van der Waals surface area contributed by atoms with Crippen LogP contribution >= 0.6 is 0 Å². The van der Waals surface area contributed by atoms with Crippen molar-refractivity contribution >= 4 is 17.7 Å². The maximum Gasteiger partial charge on any atom is 0.225 e. The van der Waals surface area contributed by atoms with E-state index in [0.717, 1.165) is 49.6 Å². The quantitative estimate of drug-likeness (QED) is 0.717. The fraction of sp³-hybridized carbons (Fsp3) is 0.444. The summed E-state index contributed by atoms with van der Waals surface area (Å²) in [5.41, 5.74) is 1.98. The van der Waals surface area contributed by atoms with Gasteiger partial charge in [0.2, 0.25) is 11.9 Å². The van der Waals surface area contributed by atoms with Crippen LogP contribution in [-0.2, 0) is 11.3 Å². The summed E-state index contributed by atoms with van der Waals surface area (Å²) in [5.74, 6) is 1.68. The van der Waals surface area contributed by atoms with Crippen LogP contribution in [0, 0.1) is 6.92 Å². The van der Waals surface area contributed by atoms with Gasteiger partial charge in [0.1, 0.15) is 5.82 Å². The van der Waals surface area contributed by atoms with Gasteiger partial charge in [-0.2, -0.15) is 4.98 Å². The molecule has 1 aliphatic heterocycles. The van der Waals surface area contributed by atoms with E-state index in [1.54, 1.807) is 6.20 Å². The molecule has 3 rings (SSSR count). The number of pyridine rings is 1. The highest BCUT2D eigenvalue weighted by molar-refractivity contribution is 5.78. The predicted molar refractivity (Wildman–Crippen MR) is 97.3 cm³/mol. The summed E-state index contributed by atoms with van der Waals surface area (Å²) in [6.45, 7) is 5.07. The Bertz CT molecular complexity index is 706. The van der Waals surface area contributed by atoms with Crippen LogP contribution in [0.15, 0.2) is 30.6 Å². The molecule has 1 fully saturated rings. The van der Waals surface area contributed by atoms with Gasteiger partial charge in [-0.25, -0.2) is 4.98 Å². The first-order valence-electron chi connectivity index (χ1n) is 8.71. The van der Waals surface area contributed by atoms with E-state index in [1.165, 1.54) is 0 Å². The molecule has 7 nitrogen and oxygen atoms in total. The Morgan fingerprint density at radius 2 is 2.20 bits per heavy atom. The number of carbonyl (C=O) groups is 1. The van der Waals surface area contributed by atoms with Gasteiger partial charge in [-0.3, -0.25) is 9.78 Å². The van der Waals surface area contributed by atoms with Crippen molar-refractivity contribution in [2.75, 3.05) is 30.3 Å². The Morgan fingerprint density at radius 1 is 1.28 bits per heavy atom. The van der Waals surface area contributed by atoms with E-state index < -0.39 is 0 Å². The molecule has 0 bridgehead atoms. The maximum atomic E-state index is 11.6. The number of aryl methyl sites for hydroxylation is 1. The fourth-order valence-corrected chi connectivity index (χ4v) is 2.85. The predicted octanol–water partition coefficient (Wildman–Crippen LogP) is 2.22. The number of nitrogens with one attached hydrogen (secondary N) is 2. The van der Waals surface area contributed by atoms with E-state index in [4.69, 9.17) is 0 Å². The zero-order chi connectivity index (χ0) is 17.5. The Morgan fingerprint density at radius 3 is 2.96 bits per heavy atom. The zero-order valence-corrected chi connectivity index (χ0v) is 14.5. The maximum absolute atomic E-state index is 11.6. The highest BCUT2D eigenvalue weighted by atomic mass is 16.2. The second-order valence-electron chi connectivity index (χ2n) is 6.20. The zero-order valence-electron chi connectivity index (χ0n) is 14.5. The first-order valence-corrected chi connectivity index (χ1v) is 8.71.